The van der Waals surface area contributed by atoms with Crippen LogP contribution in [0.25, 0.3) is 0 Å². The van der Waals surface area contributed by atoms with Crippen LogP contribution in [0.1, 0.15) is 19.0 Å². The molecule has 14 heteroatoms. The maximum Gasteiger partial charge on any atom is 0.281 e. The van der Waals surface area contributed by atoms with Gasteiger partial charge in [-0.2, -0.15) is 17.0 Å². The molecule has 1 fully saturated rings. The van der Waals surface area contributed by atoms with E-state index in [9.17, 15) is 18.0 Å². The first kappa shape index (κ1) is 23.4. The fourth-order valence-corrected chi connectivity index (χ4v) is 4.79. The third-order valence-electron chi connectivity index (χ3n) is 4.99. The number of amidine groups is 1. The van der Waals surface area contributed by atoms with Gasteiger partial charge in [-0.05, 0) is 56.3 Å². The van der Waals surface area contributed by atoms with Crippen molar-refractivity contribution in [1.82, 2.24) is 18.9 Å². The number of rotatable bonds is 7. The molecule has 1 unspecified atom stereocenters. The summed E-state index contributed by atoms with van der Waals surface area (Å²) in [5.41, 5.74) is 0.204. The van der Waals surface area contributed by atoms with Gasteiger partial charge in [-0.25, -0.2) is 9.02 Å². The molecule has 0 radical (unpaired) electrons. The summed E-state index contributed by atoms with van der Waals surface area (Å²) < 4.78 is 45.8. The van der Waals surface area contributed by atoms with Crippen LogP contribution in [0.4, 0.5) is 15.9 Å². The van der Waals surface area contributed by atoms with E-state index in [1.165, 1.54) is 40.9 Å². The minimum absolute atomic E-state index is 0.0596. The molecule has 1 aromatic carbocycles. The molecule has 2 aromatic rings. The van der Waals surface area contributed by atoms with E-state index in [0.717, 1.165) is 0 Å². The lowest BCUT2D eigenvalue weighted by atomic mass is 9.90. The lowest BCUT2D eigenvalue weighted by Gasteiger charge is -2.26. The van der Waals surface area contributed by atoms with Crippen molar-refractivity contribution in [3.8, 4) is 0 Å². The molecule has 1 atom stereocenters. The molecule has 0 bridgehead atoms. The van der Waals surface area contributed by atoms with E-state index in [-0.39, 0.29) is 27.2 Å². The van der Waals surface area contributed by atoms with Crippen molar-refractivity contribution in [1.29, 1.82) is 0 Å². The Morgan fingerprint density at radius 1 is 1.45 bits per heavy atom. The number of halogens is 2. The number of benzene rings is 1. The molecule has 0 saturated carbocycles. The van der Waals surface area contributed by atoms with Crippen LogP contribution in [0.2, 0.25) is 0 Å². The SMILES string of the molecule is CN(C)S(=O)(=O)N1CCC(C)(CNc2nonc2/C(=N/O)Nc2ccc(F)c(Br)c2)C1. The van der Waals surface area contributed by atoms with E-state index < -0.39 is 16.0 Å². The highest BCUT2D eigenvalue weighted by Crippen LogP contribution is 2.32. The Morgan fingerprint density at radius 2 is 2.19 bits per heavy atom. The molecule has 2 heterocycles. The fraction of sp³-hybridized carbons (Fsp3) is 0.471. The van der Waals surface area contributed by atoms with Gasteiger partial charge in [-0.15, -0.1) is 0 Å². The van der Waals surface area contributed by atoms with Crippen LogP contribution < -0.4 is 10.6 Å². The van der Waals surface area contributed by atoms with Crippen LogP contribution in [0.15, 0.2) is 32.5 Å². The fourth-order valence-electron chi connectivity index (χ4n) is 3.15. The number of anilines is 2. The van der Waals surface area contributed by atoms with Gasteiger partial charge in [0, 0.05) is 39.4 Å². The van der Waals surface area contributed by atoms with E-state index >= 15 is 0 Å². The van der Waals surface area contributed by atoms with Crippen molar-refractivity contribution in [3.63, 3.8) is 0 Å². The van der Waals surface area contributed by atoms with Crippen LogP contribution in [-0.2, 0) is 10.2 Å². The second-order valence-electron chi connectivity index (χ2n) is 7.70. The summed E-state index contributed by atoms with van der Waals surface area (Å²) in [6.45, 7) is 3.10. The van der Waals surface area contributed by atoms with Crippen LogP contribution in [-0.4, -0.2) is 72.1 Å². The molecular weight excluding hydrogens is 497 g/mol. The van der Waals surface area contributed by atoms with E-state index in [1.807, 2.05) is 6.92 Å². The predicted molar refractivity (Wildman–Crippen MR) is 116 cm³/mol. The first-order chi connectivity index (χ1) is 14.6. The van der Waals surface area contributed by atoms with Gasteiger partial charge in [0.05, 0.1) is 4.47 Å². The molecule has 3 N–H and O–H groups in total. The zero-order valence-corrected chi connectivity index (χ0v) is 19.5. The Balaban J connectivity index is 1.69. The maximum atomic E-state index is 13.4. The van der Waals surface area contributed by atoms with Gasteiger partial charge in [0.2, 0.25) is 11.7 Å². The zero-order valence-electron chi connectivity index (χ0n) is 17.1. The molecule has 1 aromatic heterocycles. The largest absolute Gasteiger partial charge is 0.409 e. The molecule has 11 nitrogen and oxygen atoms in total. The van der Waals surface area contributed by atoms with Crippen molar-refractivity contribution in [2.75, 3.05) is 44.4 Å². The Morgan fingerprint density at radius 3 is 2.84 bits per heavy atom. The smallest absolute Gasteiger partial charge is 0.281 e. The Hall–Kier alpha value is -2.29. The van der Waals surface area contributed by atoms with Gasteiger partial charge in [-0.1, -0.05) is 12.1 Å². The van der Waals surface area contributed by atoms with Crippen molar-refractivity contribution in [3.05, 3.63) is 34.2 Å². The molecule has 170 valence electrons. The number of nitrogens with one attached hydrogen (secondary N) is 2. The molecule has 3 rings (SSSR count). The standard InChI is InChI=1S/C17H23BrFN7O4S/c1-17(6-7-26(10-17)31(28,29)25(2)3)9-20-15-14(23-30-24-15)16(22-27)21-11-4-5-13(19)12(18)8-11/h4-5,8,27H,6-7,9-10H2,1-3H3,(H,20,24)(H,21,22). The summed E-state index contributed by atoms with van der Waals surface area (Å²) in [4.78, 5) is 0. The van der Waals surface area contributed by atoms with Crippen LogP contribution >= 0.6 is 15.9 Å². The van der Waals surface area contributed by atoms with Crippen LogP contribution in [0.5, 0.6) is 0 Å². The molecule has 1 saturated heterocycles. The summed E-state index contributed by atoms with van der Waals surface area (Å²) in [6, 6.07) is 4.18. The van der Waals surface area contributed by atoms with Crippen molar-refractivity contribution >= 4 is 43.5 Å². The van der Waals surface area contributed by atoms with E-state index in [4.69, 9.17) is 4.63 Å². The van der Waals surface area contributed by atoms with E-state index in [1.54, 1.807) is 0 Å². The molecule has 1 aliphatic rings. The molecule has 31 heavy (non-hydrogen) atoms. The third-order valence-corrected chi connectivity index (χ3v) is 7.48. The van der Waals surface area contributed by atoms with Crippen LogP contribution in [0, 0.1) is 11.2 Å². The molecule has 0 aliphatic carbocycles. The van der Waals surface area contributed by atoms with Gasteiger partial charge in [0.15, 0.2) is 5.69 Å². The van der Waals surface area contributed by atoms with E-state index in [2.05, 4.69) is 42.0 Å². The van der Waals surface area contributed by atoms with Gasteiger partial charge >= 0.3 is 0 Å². The zero-order chi connectivity index (χ0) is 22.8. The molecule has 0 amide bonds. The minimum atomic E-state index is -3.49. The van der Waals surface area contributed by atoms with Gasteiger partial charge in [-0.3, -0.25) is 0 Å². The Bertz CT molecular complexity index is 1080. The second kappa shape index (κ2) is 9.06. The Kier molecular flexibility index (Phi) is 6.83. The molecule has 1 aliphatic heterocycles. The summed E-state index contributed by atoms with van der Waals surface area (Å²) in [5.74, 6) is -0.277. The first-order valence-corrected chi connectivity index (χ1v) is 11.4. The number of hydrogen-bond donors (Lipinski definition) is 3. The first-order valence-electron chi connectivity index (χ1n) is 9.24. The number of oxime groups is 1. The number of hydrogen-bond acceptors (Lipinski definition) is 8. The highest BCUT2D eigenvalue weighted by Gasteiger charge is 2.40. The van der Waals surface area contributed by atoms with E-state index in [0.29, 0.717) is 31.7 Å². The normalized spacial score (nSPS) is 20.4. The number of nitrogens with zero attached hydrogens (tertiary/aromatic N) is 5. The van der Waals surface area contributed by atoms with Gasteiger partial charge < -0.3 is 15.8 Å². The average Bonchev–Trinajstić information content (AvgIpc) is 3.34. The summed E-state index contributed by atoms with van der Waals surface area (Å²) in [7, 11) is -0.489. The van der Waals surface area contributed by atoms with Crippen molar-refractivity contribution in [2.45, 2.75) is 13.3 Å². The second-order valence-corrected chi connectivity index (χ2v) is 10.7. The van der Waals surface area contributed by atoms with Gasteiger partial charge in [0.25, 0.3) is 10.2 Å². The Labute approximate surface area is 187 Å². The molecule has 0 spiro atoms. The summed E-state index contributed by atoms with van der Waals surface area (Å²) in [5, 5.41) is 26.1. The predicted octanol–water partition coefficient (Wildman–Crippen LogP) is 2.15. The third kappa shape index (κ3) is 5.14. The highest BCUT2D eigenvalue weighted by atomic mass is 79.9. The topological polar surface area (TPSA) is 136 Å². The highest BCUT2D eigenvalue weighted by molar-refractivity contribution is 9.10. The summed E-state index contributed by atoms with van der Waals surface area (Å²) >= 11 is 3.09. The van der Waals surface area contributed by atoms with Crippen molar-refractivity contribution in [2.24, 2.45) is 10.6 Å². The quantitative estimate of drug-likeness (QED) is 0.219. The maximum absolute atomic E-state index is 13.4. The molecular formula is C17H23BrFN7O4S. The van der Waals surface area contributed by atoms with Crippen molar-refractivity contribution < 1.29 is 22.6 Å². The monoisotopic (exact) mass is 519 g/mol. The number of aromatic nitrogens is 2. The lowest BCUT2D eigenvalue weighted by Crippen LogP contribution is -2.40. The summed E-state index contributed by atoms with van der Waals surface area (Å²) in [6.07, 6.45) is 0.649. The van der Waals surface area contributed by atoms with Gasteiger partial charge in [0.1, 0.15) is 5.82 Å². The minimum Gasteiger partial charge on any atom is -0.409 e. The van der Waals surface area contributed by atoms with Crippen LogP contribution in [0.3, 0.4) is 0 Å². The lowest BCUT2D eigenvalue weighted by molar-refractivity contribution is 0.304. The average molecular weight is 520 g/mol.